The molecule has 4 heterocycles. The summed E-state index contributed by atoms with van der Waals surface area (Å²) in [6.45, 7) is 5.23. The van der Waals surface area contributed by atoms with Gasteiger partial charge < -0.3 is 24.2 Å². The maximum absolute atomic E-state index is 16.3. The number of rotatable bonds is 5. The normalized spacial score (nSPS) is 27.3. The number of ether oxygens (including phenoxy) is 1. The molecule has 3 aromatic carbocycles. The predicted octanol–water partition coefficient (Wildman–Crippen LogP) is 5.36. The van der Waals surface area contributed by atoms with Crippen molar-refractivity contribution >= 4 is 43.2 Å². The van der Waals surface area contributed by atoms with Gasteiger partial charge in [-0.1, -0.05) is 49.4 Å². The summed E-state index contributed by atoms with van der Waals surface area (Å²) in [5.41, 5.74) is 3.57. The Balaban J connectivity index is 1.24. The van der Waals surface area contributed by atoms with Gasteiger partial charge in [0, 0.05) is 41.4 Å². The number of anilines is 3. The molecule has 3 amide bonds. The minimum absolute atomic E-state index is 0.0411. The van der Waals surface area contributed by atoms with E-state index in [1.54, 1.807) is 29.0 Å². The lowest BCUT2D eigenvalue weighted by atomic mass is 9.82. The maximum Gasteiger partial charge on any atom is 0.261 e. The number of nitrogens with one attached hydrogen (secondary N) is 1. The lowest BCUT2D eigenvalue weighted by molar-refractivity contribution is -0.149. The highest BCUT2D eigenvalue weighted by Gasteiger charge is 2.65. The molecule has 4 aliphatic heterocycles. The van der Waals surface area contributed by atoms with E-state index in [9.17, 15) is 19.5 Å². The lowest BCUT2D eigenvalue weighted by Gasteiger charge is -2.37. The summed E-state index contributed by atoms with van der Waals surface area (Å²) >= 11 is 0. The summed E-state index contributed by atoms with van der Waals surface area (Å²) in [6, 6.07) is 20.7. The van der Waals surface area contributed by atoms with Gasteiger partial charge in [0.15, 0.2) is 5.60 Å². The molecular weight excluding hydrogens is 589 g/mol. The molecule has 7 rings (SSSR count). The van der Waals surface area contributed by atoms with Crippen LogP contribution >= 0.6 is 0 Å². The van der Waals surface area contributed by atoms with E-state index in [0.717, 1.165) is 22.4 Å². The molecule has 0 aliphatic carbocycles. The highest BCUT2D eigenvalue weighted by molar-refractivity contribution is 6.72. The SMILES string of the molecule is C[C@@H]1[C@@H]([Si](C)(C)F)[C@H](CC(=O)N2Cc3ccccc3C[C@H]2CO)O[C@@]12C(=O)Nc1ccc(N3C(=O)CCc4ccccc43)cc12. The Morgan fingerprint density at radius 1 is 1.04 bits per heavy atom. The number of aliphatic hydroxyl groups is 1. The molecule has 1 fully saturated rings. The zero-order valence-corrected chi connectivity index (χ0v) is 26.8. The molecule has 1 saturated heterocycles. The Morgan fingerprint density at radius 2 is 1.76 bits per heavy atom. The zero-order valence-electron chi connectivity index (χ0n) is 25.8. The third-order valence-corrected chi connectivity index (χ3v) is 12.8. The second-order valence-electron chi connectivity index (χ2n) is 13.3. The number of halogens is 1. The van der Waals surface area contributed by atoms with Gasteiger partial charge in [-0.2, -0.15) is 0 Å². The highest BCUT2D eigenvalue weighted by Crippen LogP contribution is 2.59. The van der Waals surface area contributed by atoms with Gasteiger partial charge >= 0.3 is 0 Å². The van der Waals surface area contributed by atoms with Crippen molar-refractivity contribution in [2.24, 2.45) is 5.92 Å². The van der Waals surface area contributed by atoms with Crippen molar-refractivity contribution in [2.45, 2.75) is 75.5 Å². The van der Waals surface area contributed by atoms with Crippen LogP contribution in [0.4, 0.5) is 21.2 Å². The number of benzene rings is 3. The fourth-order valence-corrected chi connectivity index (χ4v) is 10.7. The molecule has 2 N–H and O–H groups in total. The minimum Gasteiger partial charge on any atom is -0.394 e. The number of para-hydroxylation sites is 1. The van der Waals surface area contributed by atoms with Gasteiger partial charge in [0.2, 0.25) is 20.2 Å². The fourth-order valence-electron chi connectivity index (χ4n) is 8.24. The Labute approximate surface area is 263 Å². The van der Waals surface area contributed by atoms with E-state index in [4.69, 9.17) is 4.74 Å². The van der Waals surface area contributed by atoms with Gasteiger partial charge in [-0.05, 0) is 66.9 Å². The first-order valence-corrected chi connectivity index (χ1v) is 18.7. The number of nitrogens with zero attached hydrogens (tertiary/aromatic N) is 2. The third-order valence-electron chi connectivity index (χ3n) is 10.3. The number of fused-ring (bicyclic) bond motifs is 4. The van der Waals surface area contributed by atoms with Crippen molar-refractivity contribution in [2.75, 3.05) is 16.8 Å². The Bertz CT molecular complexity index is 1710. The number of hydrogen-bond acceptors (Lipinski definition) is 5. The summed E-state index contributed by atoms with van der Waals surface area (Å²) in [6.07, 6.45) is 0.624. The number of amides is 3. The second kappa shape index (κ2) is 10.9. The minimum atomic E-state index is -3.49. The van der Waals surface area contributed by atoms with Crippen LogP contribution in [0.5, 0.6) is 0 Å². The average molecular weight is 628 g/mol. The standard InChI is InChI=1S/C35H38FN3O5Si/c1-21-33(45(2,3)36)30(18-32(42)38-19-24-10-5-4-9-23(24)16-26(38)20-40)44-35(21)27-17-25(13-14-28(27)37-34(35)43)39-29-11-7-6-8-22(29)12-15-31(39)41/h4-11,13-14,17,21,26,30,33,40H,12,15-16,18-20H2,1-3H3,(H,37,43)/t21-,26+,30+,33-,35+/m1/s1. The highest BCUT2D eigenvalue weighted by atomic mass is 28.4. The van der Waals surface area contributed by atoms with Crippen LogP contribution < -0.4 is 10.2 Å². The first-order chi connectivity index (χ1) is 21.5. The second-order valence-corrected chi connectivity index (χ2v) is 17.1. The van der Waals surface area contributed by atoms with Gasteiger partial charge in [0.25, 0.3) is 5.91 Å². The van der Waals surface area contributed by atoms with E-state index < -0.39 is 37.6 Å². The lowest BCUT2D eigenvalue weighted by Crippen LogP contribution is -2.48. The molecule has 234 valence electrons. The smallest absolute Gasteiger partial charge is 0.261 e. The van der Waals surface area contributed by atoms with E-state index >= 15 is 4.11 Å². The third kappa shape index (κ3) is 4.73. The van der Waals surface area contributed by atoms with E-state index in [-0.39, 0.29) is 30.7 Å². The van der Waals surface area contributed by atoms with Gasteiger partial charge in [-0.25, -0.2) is 0 Å². The van der Waals surface area contributed by atoms with Crippen molar-refractivity contribution < 1.29 is 28.3 Å². The topological polar surface area (TPSA) is 99.2 Å². The first-order valence-electron chi connectivity index (χ1n) is 15.7. The molecule has 0 aromatic heterocycles. The quantitative estimate of drug-likeness (QED) is 0.293. The summed E-state index contributed by atoms with van der Waals surface area (Å²) < 4.78 is 23.0. The molecule has 3 aromatic rings. The predicted molar refractivity (Wildman–Crippen MR) is 171 cm³/mol. The van der Waals surface area contributed by atoms with Gasteiger partial charge in [-0.3, -0.25) is 19.3 Å². The van der Waals surface area contributed by atoms with Crippen LogP contribution in [0, 0.1) is 5.92 Å². The molecule has 4 aliphatic rings. The van der Waals surface area contributed by atoms with Gasteiger partial charge in [0.1, 0.15) is 0 Å². The number of carbonyl (C=O) groups excluding carboxylic acids is 3. The van der Waals surface area contributed by atoms with Crippen LogP contribution in [0.3, 0.4) is 0 Å². The van der Waals surface area contributed by atoms with Crippen LogP contribution in [-0.2, 0) is 44.1 Å². The Hall–Kier alpha value is -3.86. The van der Waals surface area contributed by atoms with E-state index in [1.807, 2.05) is 67.6 Å². The summed E-state index contributed by atoms with van der Waals surface area (Å²) in [5.74, 6) is -1.23. The molecule has 5 atom stereocenters. The Morgan fingerprint density at radius 3 is 2.49 bits per heavy atom. The van der Waals surface area contributed by atoms with Crippen molar-refractivity contribution in [3.05, 3.63) is 89.0 Å². The summed E-state index contributed by atoms with van der Waals surface area (Å²) in [4.78, 5) is 44.4. The molecule has 0 radical (unpaired) electrons. The van der Waals surface area contributed by atoms with Gasteiger partial charge in [-0.15, -0.1) is 0 Å². The first kappa shape index (κ1) is 29.8. The largest absolute Gasteiger partial charge is 0.394 e. The fraction of sp³-hybridized carbons (Fsp3) is 0.400. The number of hydrogen-bond donors (Lipinski definition) is 2. The van der Waals surface area contributed by atoms with Crippen molar-refractivity contribution in [1.29, 1.82) is 0 Å². The average Bonchev–Trinajstić information content (AvgIpc) is 3.48. The molecule has 8 nitrogen and oxygen atoms in total. The van der Waals surface area contributed by atoms with E-state index in [2.05, 4.69) is 5.32 Å². The van der Waals surface area contributed by atoms with Crippen molar-refractivity contribution in [3.8, 4) is 0 Å². The number of carbonyl (C=O) groups is 3. The molecule has 0 bridgehead atoms. The van der Waals surface area contributed by atoms with Gasteiger partial charge in [0.05, 0.1) is 30.9 Å². The van der Waals surface area contributed by atoms with Crippen LogP contribution in [0.1, 0.15) is 42.0 Å². The maximum atomic E-state index is 16.3. The monoisotopic (exact) mass is 627 g/mol. The molecule has 1 spiro atoms. The number of aliphatic hydroxyl groups excluding tert-OH is 1. The zero-order chi connectivity index (χ0) is 31.7. The van der Waals surface area contributed by atoms with E-state index in [1.165, 1.54) is 0 Å². The van der Waals surface area contributed by atoms with Crippen LogP contribution in [0.2, 0.25) is 18.6 Å². The summed E-state index contributed by atoms with van der Waals surface area (Å²) in [7, 11) is -3.49. The number of aryl methyl sites for hydroxylation is 1. The van der Waals surface area contributed by atoms with E-state index in [0.29, 0.717) is 42.7 Å². The summed E-state index contributed by atoms with van der Waals surface area (Å²) in [5, 5.41) is 13.1. The molecule has 0 unspecified atom stereocenters. The Kier molecular flexibility index (Phi) is 7.22. The molecule has 45 heavy (non-hydrogen) atoms. The van der Waals surface area contributed by atoms with Crippen molar-refractivity contribution in [3.63, 3.8) is 0 Å². The molecular formula is C35H38FN3O5Si. The molecule has 10 heteroatoms. The molecule has 0 saturated carbocycles. The van der Waals surface area contributed by atoms with Crippen LogP contribution in [0.15, 0.2) is 66.7 Å². The van der Waals surface area contributed by atoms with Crippen molar-refractivity contribution in [1.82, 2.24) is 4.90 Å². The van der Waals surface area contributed by atoms with Crippen LogP contribution in [0.25, 0.3) is 0 Å². The van der Waals surface area contributed by atoms with Crippen LogP contribution in [-0.4, -0.2) is 54.9 Å².